The number of likely N-dealkylation sites (N-methyl/N-ethyl adjacent to an activating group) is 1. The Balaban J connectivity index is 1.92. The minimum absolute atomic E-state index is 0.116. The van der Waals surface area contributed by atoms with Crippen LogP contribution in [-0.4, -0.2) is 47.9 Å². The summed E-state index contributed by atoms with van der Waals surface area (Å²) in [5.74, 6) is 0.307. The average Bonchev–Trinajstić information content (AvgIpc) is 2.94. The number of rotatable bonds is 6. The predicted octanol–water partition coefficient (Wildman–Crippen LogP) is 2.09. The Morgan fingerprint density at radius 2 is 2.05 bits per heavy atom. The molecule has 1 amide bonds. The molecular formula is C18H29N3O. The first-order valence-electron chi connectivity index (χ1n) is 8.27. The summed E-state index contributed by atoms with van der Waals surface area (Å²) in [5, 5.41) is 0. The molecule has 122 valence electrons. The number of hydrogen-bond acceptors (Lipinski definition) is 3. The van der Waals surface area contributed by atoms with Crippen molar-refractivity contribution in [2.75, 3.05) is 20.1 Å². The summed E-state index contributed by atoms with van der Waals surface area (Å²) in [6, 6.07) is 10.4. The molecule has 4 heteroatoms. The fourth-order valence-electron chi connectivity index (χ4n) is 3.11. The lowest BCUT2D eigenvalue weighted by Crippen LogP contribution is -2.50. The van der Waals surface area contributed by atoms with Crippen molar-refractivity contribution < 1.29 is 4.79 Å². The van der Waals surface area contributed by atoms with Crippen molar-refractivity contribution in [3.05, 3.63) is 35.9 Å². The van der Waals surface area contributed by atoms with Gasteiger partial charge in [-0.2, -0.15) is 0 Å². The van der Waals surface area contributed by atoms with Crippen LogP contribution in [0, 0.1) is 5.92 Å². The maximum absolute atomic E-state index is 12.5. The lowest BCUT2D eigenvalue weighted by atomic mass is 10.0. The molecule has 2 N–H and O–H groups in total. The third-order valence-electron chi connectivity index (χ3n) is 4.48. The van der Waals surface area contributed by atoms with E-state index in [2.05, 4.69) is 36.2 Å². The van der Waals surface area contributed by atoms with Crippen LogP contribution < -0.4 is 5.73 Å². The van der Waals surface area contributed by atoms with Gasteiger partial charge in [0.1, 0.15) is 0 Å². The van der Waals surface area contributed by atoms with Crippen LogP contribution in [0.1, 0.15) is 32.3 Å². The third-order valence-corrected chi connectivity index (χ3v) is 4.48. The molecule has 1 aliphatic rings. The van der Waals surface area contributed by atoms with Gasteiger partial charge in [0.2, 0.25) is 5.91 Å². The van der Waals surface area contributed by atoms with E-state index in [1.807, 2.05) is 24.8 Å². The van der Waals surface area contributed by atoms with Crippen LogP contribution >= 0.6 is 0 Å². The zero-order chi connectivity index (χ0) is 16.1. The third kappa shape index (κ3) is 4.31. The molecule has 0 saturated carbocycles. The Morgan fingerprint density at radius 3 is 2.68 bits per heavy atom. The van der Waals surface area contributed by atoms with E-state index in [-0.39, 0.29) is 17.9 Å². The number of amides is 1. The van der Waals surface area contributed by atoms with Crippen molar-refractivity contribution >= 4 is 5.91 Å². The first-order chi connectivity index (χ1) is 10.5. The highest BCUT2D eigenvalue weighted by Gasteiger charge is 2.33. The maximum Gasteiger partial charge on any atom is 0.240 e. The molecule has 0 aliphatic carbocycles. The van der Waals surface area contributed by atoms with Gasteiger partial charge in [0.15, 0.2) is 0 Å². The smallest absolute Gasteiger partial charge is 0.240 e. The molecule has 4 nitrogen and oxygen atoms in total. The minimum atomic E-state index is -0.375. The van der Waals surface area contributed by atoms with E-state index in [0.29, 0.717) is 6.04 Å². The number of carbonyl (C=O) groups is 1. The molecule has 0 radical (unpaired) electrons. The fourth-order valence-corrected chi connectivity index (χ4v) is 3.11. The summed E-state index contributed by atoms with van der Waals surface area (Å²) >= 11 is 0. The first kappa shape index (κ1) is 17.0. The molecule has 1 saturated heterocycles. The Bertz CT molecular complexity index is 474. The van der Waals surface area contributed by atoms with E-state index in [4.69, 9.17) is 5.73 Å². The molecule has 1 aromatic rings. The van der Waals surface area contributed by atoms with E-state index in [1.54, 1.807) is 0 Å². The van der Waals surface area contributed by atoms with E-state index >= 15 is 0 Å². The molecule has 0 bridgehead atoms. The normalized spacial score (nSPS) is 19.9. The zero-order valence-corrected chi connectivity index (χ0v) is 14.0. The SMILES string of the molecule is CC(C)[C@H](N)C(=O)N1CCC[C@H]1CN(C)Cc1ccccc1. The first-order valence-corrected chi connectivity index (χ1v) is 8.27. The van der Waals surface area contributed by atoms with Gasteiger partial charge in [0.25, 0.3) is 0 Å². The molecule has 0 unspecified atom stereocenters. The van der Waals surface area contributed by atoms with Crippen molar-refractivity contribution in [1.82, 2.24) is 9.80 Å². The van der Waals surface area contributed by atoms with E-state index < -0.39 is 0 Å². The summed E-state index contributed by atoms with van der Waals surface area (Å²) < 4.78 is 0. The number of carbonyl (C=O) groups excluding carboxylic acids is 1. The molecular weight excluding hydrogens is 274 g/mol. The molecule has 1 heterocycles. The molecule has 0 aromatic heterocycles. The van der Waals surface area contributed by atoms with Gasteiger partial charge in [-0.15, -0.1) is 0 Å². The van der Waals surface area contributed by atoms with Gasteiger partial charge in [-0.25, -0.2) is 0 Å². The van der Waals surface area contributed by atoms with Crippen molar-refractivity contribution in [2.45, 2.75) is 45.3 Å². The highest BCUT2D eigenvalue weighted by Crippen LogP contribution is 2.20. The standard InChI is InChI=1S/C18H29N3O/c1-14(2)17(19)18(22)21-11-7-10-16(21)13-20(3)12-15-8-5-4-6-9-15/h4-6,8-9,14,16-17H,7,10-13,19H2,1-3H3/t16-,17-/m0/s1. The lowest BCUT2D eigenvalue weighted by molar-refractivity contribution is -0.134. The minimum Gasteiger partial charge on any atom is -0.337 e. The van der Waals surface area contributed by atoms with Gasteiger partial charge in [-0.1, -0.05) is 44.2 Å². The fraction of sp³-hybridized carbons (Fsp3) is 0.611. The van der Waals surface area contributed by atoms with Crippen LogP contribution in [0.3, 0.4) is 0 Å². The molecule has 2 rings (SSSR count). The molecule has 22 heavy (non-hydrogen) atoms. The van der Waals surface area contributed by atoms with Crippen LogP contribution in [0.2, 0.25) is 0 Å². The van der Waals surface area contributed by atoms with Crippen molar-refractivity contribution in [1.29, 1.82) is 0 Å². The van der Waals surface area contributed by atoms with Crippen LogP contribution in [0.5, 0.6) is 0 Å². The van der Waals surface area contributed by atoms with Crippen LogP contribution in [0.15, 0.2) is 30.3 Å². The van der Waals surface area contributed by atoms with Gasteiger partial charge in [-0.05, 0) is 31.4 Å². The highest BCUT2D eigenvalue weighted by atomic mass is 16.2. The van der Waals surface area contributed by atoms with Gasteiger partial charge in [0, 0.05) is 25.7 Å². The second-order valence-electron chi connectivity index (χ2n) is 6.78. The summed E-state index contributed by atoms with van der Waals surface area (Å²) in [4.78, 5) is 16.8. The van der Waals surface area contributed by atoms with E-state index in [1.165, 1.54) is 5.56 Å². The Morgan fingerprint density at radius 1 is 1.36 bits per heavy atom. The van der Waals surface area contributed by atoms with Crippen molar-refractivity contribution in [3.8, 4) is 0 Å². The van der Waals surface area contributed by atoms with Gasteiger partial charge >= 0.3 is 0 Å². The summed E-state index contributed by atoms with van der Waals surface area (Å²) in [7, 11) is 2.12. The molecule has 1 fully saturated rings. The number of likely N-dealkylation sites (tertiary alicyclic amines) is 1. The number of benzene rings is 1. The monoisotopic (exact) mass is 303 g/mol. The molecule has 2 atom stereocenters. The average molecular weight is 303 g/mol. The topological polar surface area (TPSA) is 49.6 Å². The van der Waals surface area contributed by atoms with Crippen LogP contribution in [-0.2, 0) is 11.3 Å². The number of nitrogens with two attached hydrogens (primary N) is 1. The second-order valence-corrected chi connectivity index (χ2v) is 6.78. The van der Waals surface area contributed by atoms with E-state index in [0.717, 1.165) is 32.5 Å². The highest BCUT2D eigenvalue weighted by molar-refractivity contribution is 5.82. The van der Waals surface area contributed by atoms with Crippen molar-refractivity contribution in [3.63, 3.8) is 0 Å². The zero-order valence-electron chi connectivity index (χ0n) is 14.0. The molecule has 0 spiro atoms. The Labute approximate surface area is 134 Å². The van der Waals surface area contributed by atoms with Crippen LogP contribution in [0.25, 0.3) is 0 Å². The quantitative estimate of drug-likeness (QED) is 0.875. The summed E-state index contributed by atoms with van der Waals surface area (Å²) in [5.41, 5.74) is 7.36. The summed E-state index contributed by atoms with van der Waals surface area (Å²) in [6.07, 6.45) is 2.16. The maximum atomic E-state index is 12.5. The predicted molar refractivity (Wildman–Crippen MR) is 90.3 cm³/mol. The number of hydrogen-bond donors (Lipinski definition) is 1. The molecule has 1 aliphatic heterocycles. The number of nitrogens with zero attached hydrogens (tertiary/aromatic N) is 2. The van der Waals surface area contributed by atoms with Gasteiger partial charge < -0.3 is 15.5 Å². The lowest BCUT2D eigenvalue weighted by Gasteiger charge is -2.31. The largest absolute Gasteiger partial charge is 0.337 e. The van der Waals surface area contributed by atoms with Gasteiger partial charge in [0.05, 0.1) is 6.04 Å². The van der Waals surface area contributed by atoms with Crippen LogP contribution in [0.4, 0.5) is 0 Å². The summed E-state index contributed by atoms with van der Waals surface area (Å²) in [6.45, 7) is 6.69. The Kier molecular flexibility index (Phi) is 5.98. The molecule has 1 aromatic carbocycles. The van der Waals surface area contributed by atoms with Crippen molar-refractivity contribution in [2.24, 2.45) is 11.7 Å². The van der Waals surface area contributed by atoms with Gasteiger partial charge in [-0.3, -0.25) is 4.79 Å². The van der Waals surface area contributed by atoms with E-state index in [9.17, 15) is 4.79 Å². The Hall–Kier alpha value is -1.39. The second kappa shape index (κ2) is 7.75.